The molecule has 4 aliphatic rings. The van der Waals surface area contributed by atoms with E-state index in [4.69, 9.17) is 0 Å². The molecule has 0 bridgehead atoms. The Hall–Kier alpha value is -0.530. The second-order valence-corrected chi connectivity index (χ2v) is 9.87. The van der Waals surface area contributed by atoms with E-state index < -0.39 is 0 Å². The molecule has 1 N–H and O–H groups in total. The molecule has 0 aromatic carbocycles. The second-order valence-electron chi connectivity index (χ2n) is 9.87. The minimum absolute atomic E-state index is 0.295. The van der Waals surface area contributed by atoms with Crippen LogP contribution in [0.5, 0.6) is 0 Å². The molecule has 1 saturated heterocycles. The molecule has 4 fully saturated rings. The minimum atomic E-state index is 0.295. The standard InChI is InChI=1S/C20H33NO/c1-12-9-15-18-13(2)10-16-20(4,8-6-17(22)21-16)14(18)5-7-19(15,3)11-12/h12-16,18H,5-11H2,1-4H3,(H,21,22)/t12-,13-,14?,15?,16?,18?,19+,20+/m0/s1. The van der Waals surface area contributed by atoms with Crippen molar-refractivity contribution in [2.75, 3.05) is 0 Å². The number of hydrogen-bond donors (Lipinski definition) is 1. The van der Waals surface area contributed by atoms with Crippen molar-refractivity contribution in [3.05, 3.63) is 0 Å². The molecular weight excluding hydrogens is 270 g/mol. The van der Waals surface area contributed by atoms with Crippen molar-refractivity contribution in [1.29, 1.82) is 0 Å². The quantitative estimate of drug-likeness (QED) is 0.706. The number of carbonyl (C=O) groups is 1. The van der Waals surface area contributed by atoms with E-state index in [1.54, 1.807) is 0 Å². The maximum Gasteiger partial charge on any atom is 0.220 e. The van der Waals surface area contributed by atoms with Crippen LogP contribution in [-0.2, 0) is 4.79 Å². The summed E-state index contributed by atoms with van der Waals surface area (Å²) in [4.78, 5) is 11.9. The summed E-state index contributed by atoms with van der Waals surface area (Å²) in [5.74, 6) is 4.66. The van der Waals surface area contributed by atoms with Gasteiger partial charge in [0.25, 0.3) is 0 Å². The van der Waals surface area contributed by atoms with E-state index in [9.17, 15) is 4.79 Å². The lowest BCUT2D eigenvalue weighted by Gasteiger charge is -2.61. The van der Waals surface area contributed by atoms with E-state index in [1.165, 1.54) is 32.1 Å². The maximum atomic E-state index is 11.9. The minimum Gasteiger partial charge on any atom is -0.353 e. The van der Waals surface area contributed by atoms with E-state index >= 15 is 0 Å². The number of piperidine rings is 1. The Kier molecular flexibility index (Phi) is 3.24. The molecule has 3 aliphatic carbocycles. The van der Waals surface area contributed by atoms with E-state index in [1.807, 2.05) is 0 Å². The van der Waals surface area contributed by atoms with Crippen molar-refractivity contribution in [1.82, 2.24) is 5.32 Å². The van der Waals surface area contributed by atoms with Gasteiger partial charge in [-0.05, 0) is 78.9 Å². The average molecular weight is 303 g/mol. The van der Waals surface area contributed by atoms with Gasteiger partial charge in [-0.3, -0.25) is 4.79 Å². The van der Waals surface area contributed by atoms with Crippen molar-refractivity contribution < 1.29 is 4.79 Å². The monoisotopic (exact) mass is 303 g/mol. The summed E-state index contributed by atoms with van der Waals surface area (Å²) < 4.78 is 0. The molecule has 22 heavy (non-hydrogen) atoms. The Morgan fingerprint density at radius 1 is 1.09 bits per heavy atom. The van der Waals surface area contributed by atoms with Gasteiger partial charge in [-0.2, -0.15) is 0 Å². The zero-order valence-corrected chi connectivity index (χ0v) is 14.8. The van der Waals surface area contributed by atoms with Gasteiger partial charge in [0, 0.05) is 12.5 Å². The highest BCUT2D eigenvalue weighted by molar-refractivity contribution is 5.77. The smallest absolute Gasteiger partial charge is 0.220 e. The van der Waals surface area contributed by atoms with Crippen LogP contribution in [0, 0.1) is 40.4 Å². The molecule has 124 valence electrons. The van der Waals surface area contributed by atoms with Crippen LogP contribution in [-0.4, -0.2) is 11.9 Å². The van der Waals surface area contributed by atoms with Gasteiger partial charge in [-0.1, -0.05) is 27.7 Å². The Morgan fingerprint density at radius 2 is 1.86 bits per heavy atom. The molecule has 8 atom stereocenters. The van der Waals surface area contributed by atoms with Crippen LogP contribution in [0.15, 0.2) is 0 Å². The van der Waals surface area contributed by atoms with Gasteiger partial charge in [0.15, 0.2) is 0 Å². The van der Waals surface area contributed by atoms with Gasteiger partial charge < -0.3 is 5.32 Å². The second kappa shape index (κ2) is 4.74. The fourth-order valence-electron chi connectivity index (χ4n) is 7.47. The topological polar surface area (TPSA) is 29.1 Å². The third-order valence-electron chi connectivity index (χ3n) is 8.46. The first-order valence-corrected chi connectivity index (χ1v) is 9.63. The fraction of sp³-hybridized carbons (Fsp3) is 0.950. The lowest BCUT2D eigenvalue weighted by atomic mass is 9.45. The molecule has 0 radical (unpaired) electrons. The number of fused-ring (bicyclic) bond motifs is 5. The Morgan fingerprint density at radius 3 is 2.64 bits per heavy atom. The van der Waals surface area contributed by atoms with Crippen molar-refractivity contribution in [3.63, 3.8) is 0 Å². The average Bonchev–Trinajstić information content (AvgIpc) is 2.75. The molecule has 3 saturated carbocycles. The highest BCUT2D eigenvalue weighted by Crippen LogP contribution is 2.66. The first-order valence-electron chi connectivity index (χ1n) is 9.63. The zero-order chi connectivity index (χ0) is 15.7. The Balaban J connectivity index is 1.68. The highest BCUT2D eigenvalue weighted by Gasteiger charge is 2.60. The highest BCUT2D eigenvalue weighted by atomic mass is 16.1. The van der Waals surface area contributed by atoms with Crippen LogP contribution in [0.3, 0.4) is 0 Å². The summed E-state index contributed by atoms with van der Waals surface area (Å²) in [7, 11) is 0. The summed E-state index contributed by atoms with van der Waals surface area (Å²) in [6.45, 7) is 10.0. The lowest BCUT2D eigenvalue weighted by Crippen LogP contribution is -2.62. The molecule has 4 rings (SSSR count). The molecule has 1 amide bonds. The van der Waals surface area contributed by atoms with Gasteiger partial charge in [-0.25, -0.2) is 0 Å². The predicted molar refractivity (Wildman–Crippen MR) is 89.3 cm³/mol. The molecule has 2 nitrogen and oxygen atoms in total. The van der Waals surface area contributed by atoms with Crippen LogP contribution < -0.4 is 5.32 Å². The van der Waals surface area contributed by atoms with E-state index in [0.29, 0.717) is 22.8 Å². The van der Waals surface area contributed by atoms with Crippen molar-refractivity contribution >= 4 is 5.91 Å². The normalized spacial score (nSPS) is 57.5. The van der Waals surface area contributed by atoms with Crippen molar-refractivity contribution in [3.8, 4) is 0 Å². The summed E-state index contributed by atoms with van der Waals surface area (Å²) in [6.07, 6.45) is 8.81. The van der Waals surface area contributed by atoms with Gasteiger partial charge >= 0.3 is 0 Å². The molecule has 0 aromatic rings. The molecule has 0 spiro atoms. The van der Waals surface area contributed by atoms with Gasteiger partial charge in [0.1, 0.15) is 0 Å². The zero-order valence-electron chi connectivity index (χ0n) is 14.8. The van der Waals surface area contributed by atoms with Crippen LogP contribution in [0.1, 0.15) is 72.6 Å². The van der Waals surface area contributed by atoms with E-state index in [0.717, 1.165) is 42.4 Å². The van der Waals surface area contributed by atoms with Crippen LogP contribution in [0.25, 0.3) is 0 Å². The lowest BCUT2D eigenvalue weighted by molar-refractivity contribution is -0.141. The largest absolute Gasteiger partial charge is 0.353 e. The van der Waals surface area contributed by atoms with E-state index in [-0.39, 0.29) is 0 Å². The number of nitrogens with one attached hydrogen (secondary N) is 1. The van der Waals surface area contributed by atoms with Crippen LogP contribution >= 0.6 is 0 Å². The van der Waals surface area contributed by atoms with Crippen LogP contribution in [0.2, 0.25) is 0 Å². The van der Waals surface area contributed by atoms with Gasteiger partial charge in [0.05, 0.1) is 0 Å². The summed E-state index contributed by atoms with van der Waals surface area (Å²) in [5.41, 5.74) is 0.966. The third-order valence-corrected chi connectivity index (χ3v) is 8.46. The third kappa shape index (κ3) is 1.94. The van der Waals surface area contributed by atoms with Crippen LogP contribution in [0.4, 0.5) is 0 Å². The van der Waals surface area contributed by atoms with Crippen molar-refractivity contribution in [2.45, 2.75) is 78.7 Å². The summed E-state index contributed by atoms with van der Waals surface area (Å²) >= 11 is 0. The summed E-state index contributed by atoms with van der Waals surface area (Å²) in [5, 5.41) is 3.36. The fourth-order valence-corrected chi connectivity index (χ4v) is 7.47. The molecule has 2 heteroatoms. The number of hydrogen-bond acceptors (Lipinski definition) is 1. The molecule has 1 heterocycles. The first-order chi connectivity index (χ1) is 10.3. The molecule has 4 unspecified atom stereocenters. The van der Waals surface area contributed by atoms with Gasteiger partial charge in [0.2, 0.25) is 5.91 Å². The molecule has 0 aromatic heterocycles. The Labute approximate surface area is 135 Å². The molecule has 1 aliphatic heterocycles. The first kappa shape index (κ1) is 15.0. The summed E-state index contributed by atoms with van der Waals surface area (Å²) in [6, 6.07) is 0.438. The number of carbonyl (C=O) groups excluding carboxylic acids is 1. The Bertz CT molecular complexity index is 488. The number of amides is 1. The molecular formula is C20H33NO. The van der Waals surface area contributed by atoms with Crippen molar-refractivity contribution in [2.24, 2.45) is 40.4 Å². The van der Waals surface area contributed by atoms with E-state index in [2.05, 4.69) is 33.0 Å². The maximum absolute atomic E-state index is 11.9. The SMILES string of the molecule is C[C@H]1CC2C3C(CC[C@]2(C)C1)[C@@]1(C)CCC(=O)NC1C[C@@H]3C. The predicted octanol–water partition coefficient (Wildman–Crippen LogP) is 4.39. The van der Waals surface area contributed by atoms with Gasteiger partial charge in [-0.15, -0.1) is 0 Å². The number of rotatable bonds is 0.